The van der Waals surface area contributed by atoms with Crippen LogP contribution in [0.2, 0.25) is 0 Å². The summed E-state index contributed by atoms with van der Waals surface area (Å²) >= 11 is 0. The van der Waals surface area contributed by atoms with Crippen molar-refractivity contribution in [2.45, 2.75) is 32.8 Å². The highest BCUT2D eigenvalue weighted by atomic mass is 16.5. The lowest BCUT2D eigenvalue weighted by Gasteiger charge is -2.17. The van der Waals surface area contributed by atoms with Gasteiger partial charge in [0.05, 0.1) is 6.61 Å². The number of hydrazine groups is 1. The smallest absolute Gasteiger partial charge is 0.279 e. The number of ether oxygens (including phenoxy) is 2. The van der Waals surface area contributed by atoms with Crippen molar-refractivity contribution in [3.8, 4) is 11.5 Å². The normalized spacial score (nSPS) is 14.2. The van der Waals surface area contributed by atoms with Crippen LogP contribution in [0.15, 0.2) is 48.5 Å². The number of hydrogen-bond acceptors (Lipinski definition) is 5. The Morgan fingerprint density at radius 3 is 2.30 bits per heavy atom. The van der Waals surface area contributed by atoms with Crippen LogP contribution in [0.5, 0.6) is 11.5 Å². The lowest BCUT2D eigenvalue weighted by atomic mass is 10.2. The van der Waals surface area contributed by atoms with Gasteiger partial charge in [0, 0.05) is 24.2 Å². The molecule has 0 unspecified atom stereocenters. The summed E-state index contributed by atoms with van der Waals surface area (Å²) in [5.74, 6) is 0.363. The van der Waals surface area contributed by atoms with Crippen molar-refractivity contribution >= 4 is 23.4 Å². The quantitative estimate of drug-likeness (QED) is 0.682. The molecule has 0 spiro atoms. The first kappa shape index (κ1) is 21.2. The molecule has 1 atom stereocenters. The third-order valence-corrected chi connectivity index (χ3v) is 4.63. The number of carbonyl (C=O) groups is 3. The number of amides is 3. The topological polar surface area (TPSA) is 97.0 Å². The van der Waals surface area contributed by atoms with Crippen molar-refractivity contribution in [2.75, 3.05) is 18.1 Å². The second kappa shape index (κ2) is 9.78. The highest BCUT2D eigenvalue weighted by Gasteiger charge is 2.22. The molecule has 158 valence electrons. The van der Waals surface area contributed by atoms with E-state index >= 15 is 0 Å². The second-order valence-electron chi connectivity index (χ2n) is 6.80. The van der Waals surface area contributed by atoms with E-state index in [-0.39, 0.29) is 5.91 Å². The van der Waals surface area contributed by atoms with Crippen LogP contribution in [0.4, 0.5) is 5.69 Å². The molecule has 0 aliphatic carbocycles. The molecule has 3 rings (SSSR count). The number of anilines is 1. The van der Waals surface area contributed by atoms with Crippen LogP contribution in [-0.2, 0) is 9.59 Å². The van der Waals surface area contributed by atoms with Crippen LogP contribution in [0.3, 0.4) is 0 Å². The first-order chi connectivity index (χ1) is 14.5. The maximum Gasteiger partial charge on any atom is 0.279 e. The van der Waals surface area contributed by atoms with Gasteiger partial charge in [-0.15, -0.1) is 0 Å². The summed E-state index contributed by atoms with van der Waals surface area (Å²) in [5, 5.41) is 0. The van der Waals surface area contributed by atoms with E-state index in [1.807, 2.05) is 6.92 Å². The van der Waals surface area contributed by atoms with Gasteiger partial charge in [0.15, 0.2) is 6.10 Å². The second-order valence-corrected chi connectivity index (χ2v) is 6.80. The van der Waals surface area contributed by atoms with Crippen LogP contribution < -0.4 is 25.2 Å². The molecule has 30 heavy (non-hydrogen) atoms. The highest BCUT2D eigenvalue weighted by Crippen LogP contribution is 2.21. The Morgan fingerprint density at radius 1 is 1.03 bits per heavy atom. The molecule has 8 nitrogen and oxygen atoms in total. The van der Waals surface area contributed by atoms with E-state index in [0.29, 0.717) is 36.6 Å². The summed E-state index contributed by atoms with van der Waals surface area (Å²) in [6.45, 7) is 4.73. The minimum absolute atomic E-state index is 0.0842. The maximum atomic E-state index is 12.3. The molecule has 1 fully saturated rings. The van der Waals surface area contributed by atoms with E-state index < -0.39 is 17.9 Å². The molecule has 2 N–H and O–H groups in total. The average molecular weight is 411 g/mol. The largest absolute Gasteiger partial charge is 0.494 e. The molecule has 1 heterocycles. The third-order valence-electron chi connectivity index (χ3n) is 4.63. The van der Waals surface area contributed by atoms with Gasteiger partial charge < -0.3 is 14.4 Å². The summed E-state index contributed by atoms with van der Waals surface area (Å²) in [5.41, 5.74) is 5.85. The fourth-order valence-corrected chi connectivity index (χ4v) is 3.04. The van der Waals surface area contributed by atoms with Crippen molar-refractivity contribution in [3.63, 3.8) is 0 Å². The first-order valence-electron chi connectivity index (χ1n) is 9.88. The van der Waals surface area contributed by atoms with E-state index in [2.05, 4.69) is 10.9 Å². The monoisotopic (exact) mass is 411 g/mol. The predicted octanol–water partition coefficient (Wildman–Crippen LogP) is 2.44. The van der Waals surface area contributed by atoms with Gasteiger partial charge in [-0.1, -0.05) is 0 Å². The molecule has 1 saturated heterocycles. The SMILES string of the molecule is CCOc1ccc(O[C@@H](C)C(=O)NNC(=O)c2ccc(N3CCCC3=O)cc2)cc1. The molecule has 3 amide bonds. The summed E-state index contributed by atoms with van der Waals surface area (Å²) in [6.07, 6.45) is 0.571. The fraction of sp³-hybridized carbons (Fsp3) is 0.318. The summed E-state index contributed by atoms with van der Waals surface area (Å²) in [6, 6.07) is 13.6. The van der Waals surface area contributed by atoms with E-state index in [0.717, 1.165) is 12.1 Å². The Balaban J connectivity index is 1.48. The number of carbonyl (C=O) groups excluding carboxylic acids is 3. The lowest BCUT2D eigenvalue weighted by Crippen LogP contribution is -2.47. The van der Waals surface area contributed by atoms with E-state index in [4.69, 9.17) is 9.47 Å². The number of rotatable bonds is 7. The van der Waals surface area contributed by atoms with E-state index in [9.17, 15) is 14.4 Å². The van der Waals surface area contributed by atoms with Gasteiger partial charge in [0.1, 0.15) is 11.5 Å². The van der Waals surface area contributed by atoms with Crippen molar-refractivity contribution < 1.29 is 23.9 Å². The van der Waals surface area contributed by atoms with Gasteiger partial charge in [-0.05, 0) is 68.8 Å². The van der Waals surface area contributed by atoms with Crippen LogP contribution in [-0.4, -0.2) is 37.0 Å². The van der Waals surface area contributed by atoms with Crippen LogP contribution in [0, 0.1) is 0 Å². The van der Waals surface area contributed by atoms with E-state index in [1.165, 1.54) is 0 Å². The van der Waals surface area contributed by atoms with Crippen molar-refractivity contribution in [2.24, 2.45) is 0 Å². The van der Waals surface area contributed by atoms with Gasteiger partial charge in [-0.3, -0.25) is 25.2 Å². The van der Waals surface area contributed by atoms with Crippen molar-refractivity contribution in [3.05, 3.63) is 54.1 Å². The lowest BCUT2D eigenvalue weighted by molar-refractivity contribution is -0.128. The molecule has 0 radical (unpaired) electrons. The van der Waals surface area contributed by atoms with Crippen LogP contribution in [0.1, 0.15) is 37.0 Å². The summed E-state index contributed by atoms with van der Waals surface area (Å²) in [4.78, 5) is 38.0. The molecule has 0 saturated carbocycles. The molecular formula is C22H25N3O5. The van der Waals surface area contributed by atoms with Crippen LogP contribution in [0.25, 0.3) is 0 Å². The number of benzene rings is 2. The van der Waals surface area contributed by atoms with Gasteiger partial charge >= 0.3 is 0 Å². The molecule has 0 bridgehead atoms. The first-order valence-corrected chi connectivity index (χ1v) is 9.88. The number of nitrogens with zero attached hydrogens (tertiary/aromatic N) is 1. The zero-order chi connectivity index (χ0) is 21.5. The van der Waals surface area contributed by atoms with Gasteiger partial charge in [0.25, 0.3) is 11.8 Å². The maximum absolute atomic E-state index is 12.3. The zero-order valence-electron chi connectivity index (χ0n) is 17.0. The zero-order valence-corrected chi connectivity index (χ0v) is 17.0. The standard InChI is InChI=1S/C22H25N3O5/c1-3-29-18-10-12-19(13-11-18)30-15(2)21(27)23-24-22(28)16-6-8-17(9-7-16)25-14-4-5-20(25)26/h6-13,15H,3-5,14H2,1-2H3,(H,23,27)(H,24,28)/t15-/m0/s1. The van der Waals surface area contributed by atoms with Gasteiger partial charge in [-0.2, -0.15) is 0 Å². The molecule has 8 heteroatoms. The third kappa shape index (κ3) is 5.28. The summed E-state index contributed by atoms with van der Waals surface area (Å²) in [7, 11) is 0. The Labute approximate surface area is 175 Å². The molecule has 2 aromatic carbocycles. The Hall–Kier alpha value is -3.55. The minimum atomic E-state index is -0.813. The fourth-order valence-electron chi connectivity index (χ4n) is 3.04. The molecular weight excluding hydrogens is 386 g/mol. The molecule has 2 aromatic rings. The molecule has 0 aromatic heterocycles. The predicted molar refractivity (Wildman–Crippen MR) is 111 cm³/mol. The van der Waals surface area contributed by atoms with Crippen LogP contribution >= 0.6 is 0 Å². The minimum Gasteiger partial charge on any atom is -0.494 e. The number of hydrogen-bond donors (Lipinski definition) is 2. The van der Waals surface area contributed by atoms with Gasteiger partial charge in [0.2, 0.25) is 5.91 Å². The van der Waals surface area contributed by atoms with Crippen molar-refractivity contribution in [1.82, 2.24) is 10.9 Å². The summed E-state index contributed by atoms with van der Waals surface area (Å²) < 4.78 is 10.9. The molecule has 1 aliphatic heterocycles. The Bertz CT molecular complexity index is 896. The van der Waals surface area contributed by atoms with E-state index in [1.54, 1.807) is 60.4 Å². The number of nitrogens with one attached hydrogen (secondary N) is 2. The Kier molecular flexibility index (Phi) is 6.90. The Morgan fingerprint density at radius 2 is 1.70 bits per heavy atom. The average Bonchev–Trinajstić information content (AvgIpc) is 3.19. The van der Waals surface area contributed by atoms with Crippen molar-refractivity contribution in [1.29, 1.82) is 0 Å². The highest BCUT2D eigenvalue weighted by molar-refractivity contribution is 5.98. The van der Waals surface area contributed by atoms with Gasteiger partial charge in [-0.25, -0.2) is 0 Å². The molecule has 1 aliphatic rings.